The Morgan fingerprint density at radius 2 is 0.919 bits per heavy atom. The third-order valence-electron chi connectivity index (χ3n) is 7.13. The van der Waals surface area contributed by atoms with Crippen LogP contribution in [0, 0.1) is 0 Å². The van der Waals surface area contributed by atoms with E-state index in [9.17, 15) is 0 Å². The van der Waals surface area contributed by atoms with Crippen molar-refractivity contribution in [3.05, 3.63) is 48.5 Å². The molecule has 0 spiro atoms. The predicted molar refractivity (Wildman–Crippen MR) is 173 cm³/mol. The molecule has 0 unspecified atom stereocenters. The van der Waals surface area contributed by atoms with Crippen molar-refractivity contribution in [3.8, 4) is 0 Å². The third-order valence-corrected chi connectivity index (χ3v) is 12.9. The molecule has 0 aromatic heterocycles. The maximum absolute atomic E-state index is 2.56. The van der Waals surface area contributed by atoms with Crippen LogP contribution in [0.1, 0.15) is 130 Å². The monoisotopic (exact) mass is 620 g/mol. The fraction of sp³-hybridized carbons (Fsp3) is 0.706. The van der Waals surface area contributed by atoms with Gasteiger partial charge >= 0.3 is 0 Å². The van der Waals surface area contributed by atoms with Crippen molar-refractivity contribution in [3.63, 3.8) is 0 Å². The average molecular weight is 622 g/mol. The fourth-order valence-corrected chi connectivity index (χ4v) is 11.0. The van der Waals surface area contributed by atoms with E-state index < -0.39 is 0 Å². The molecule has 2 rings (SSSR count). The van der Waals surface area contributed by atoms with Gasteiger partial charge in [0.25, 0.3) is 0 Å². The second kappa shape index (κ2) is 28.0. The molecule has 216 valence electrons. The topological polar surface area (TPSA) is 0 Å². The van der Waals surface area contributed by atoms with Crippen molar-refractivity contribution in [1.29, 1.82) is 0 Å². The molecule has 0 amide bonds. The van der Waals surface area contributed by atoms with Gasteiger partial charge in [-0.25, -0.2) is 12.1 Å². The summed E-state index contributed by atoms with van der Waals surface area (Å²) in [7, 11) is 0.135. The Bertz CT molecular complexity index is 579. The van der Waals surface area contributed by atoms with E-state index in [1.807, 2.05) is 40.9 Å². The van der Waals surface area contributed by atoms with Crippen LogP contribution in [-0.4, -0.2) is 24.6 Å². The molecule has 0 radical (unpaired) electrons. The van der Waals surface area contributed by atoms with Crippen molar-refractivity contribution >= 4 is 26.5 Å². The van der Waals surface area contributed by atoms with E-state index in [-0.39, 0.29) is 42.0 Å². The summed E-state index contributed by atoms with van der Waals surface area (Å²) in [5.41, 5.74) is 0. The summed E-state index contributed by atoms with van der Waals surface area (Å²) in [6, 6.07) is 17.5. The Balaban J connectivity index is 0.00000192. The maximum atomic E-state index is 2.56. The summed E-state index contributed by atoms with van der Waals surface area (Å²) >= 11 is 0. The van der Waals surface area contributed by atoms with Gasteiger partial charge in [0.2, 0.25) is 0 Å². The van der Waals surface area contributed by atoms with Crippen LogP contribution in [0.4, 0.5) is 0 Å². The van der Waals surface area contributed by atoms with Gasteiger partial charge in [-0.15, -0.1) is 26.5 Å². The van der Waals surface area contributed by atoms with Crippen LogP contribution in [0.25, 0.3) is 0 Å². The number of unbranched alkanes of at least 4 members (excludes halogenated alkanes) is 12. The van der Waals surface area contributed by atoms with Crippen molar-refractivity contribution in [2.75, 3.05) is 24.6 Å². The Labute approximate surface area is 254 Å². The first kappa shape index (κ1) is 37.4. The molecule has 2 aromatic carbocycles. The van der Waals surface area contributed by atoms with E-state index >= 15 is 0 Å². The van der Waals surface area contributed by atoms with Crippen LogP contribution in [-0.2, 0) is 26.2 Å². The Morgan fingerprint density at radius 3 is 1.30 bits per heavy atom. The van der Waals surface area contributed by atoms with Gasteiger partial charge in [-0.2, -0.15) is 6.07 Å². The normalized spacial score (nSPS) is 11.0. The zero-order valence-corrected chi connectivity index (χ0v) is 29.4. The number of hydrogen-bond acceptors (Lipinski definition) is 0. The second-order valence-electron chi connectivity index (χ2n) is 10.5. The van der Waals surface area contributed by atoms with Crippen molar-refractivity contribution < 1.29 is 26.2 Å². The molecule has 0 N–H and O–H groups in total. The maximum Gasteiger partial charge on any atom is 0 e. The number of hydrogen-bond donors (Lipinski definition) is 0. The molecule has 0 atom stereocenters. The van der Waals surface area contributed by atoms with E-state index in [1.54, 1.807) is 0 Å². The molecule has 0 bridgehead atoms. The van der Waals surface area contributed by atoms with E-state index in [2.05, 4.69) is 45.9 Å². The first-order valence-corrected chi connectivity index (χ1v) is 19.1. The molecule has 2 aromatic rings. The molecule has 0 nitrogen and oxygen atoms in total. The minimum absolute atomic E-state index is 0. The number of rotatable bonds is 22. The standard InChI is InChI=1S/C29H55P2.C5H5.Zr/c1-5-9-13-17-24-30(25-18-14-10-6-2)28-22-21-23-29(28)31(26-19-15-11-7-3)27-20-16-12-8-4;1-2-4-5-3-1;/h21-23H,5-20,24-27H2,1-4H3;1-5H;/q-1;-5;. The van der Waals surface area contributed by atoms with E-state index in [4.69, 9.17) is 0 Å². The zero-order valence-electron chi connectivity index (χ0n) is 25.2. The minimum atomic E-state index is 0. The van der Waals surface area contributed by atoms with Crippen LogP contribution < -0.4 is 10.6 Å². The molecule has 0 aliphatic carbocycles. The van der Waals surface area contributed by atoms with Crippen LogP contribution in [0.5, 0.6) is 0 Å². The van der Waals surface area contributed by atoms with Crippen molar-refractivity contribution in [2.24, 2.45) is 0 Å². The minimum Gasteiger partial charge on any atom is -0.748 e. The molecule has 0 aliphatic rings. The van der Waals surface area contributed by atoms with Gasteiger partial charge < -0.3 is 30.3 Å². The molecule has 0 fully saturated rings. The van der Waals surface area contributed by atoms with Crippen molar-refractivity contribution in [2.45, 2.75) is 130 Å². The molecular weight excluding hydrogens is 562 g/mol. The van der Waals surface area contributed by atoms with E-state index in [0.717, 1.165) is 0 Å². The van der Waals surface area contributed by atoms with Crippen LogP contribution >= 0.6 is 15.8 Å². The Kier molecular flexibility index (Phi) is 28.3. The van der Waals surface area contributed by atoms with Gasteiger partial charge in [0.1, 0.15) is 0 Å². The Hall–Kier alpha value is 0.443. The summed E-state index contributed by atoms with van der Waals surface area (Å²) in [4.78, 5) is 0. The predicted octanol–water partition coefficient (Wildman–Crippen LogP) is 11.3. The quantitative estimate of drug-likeness (QED) is 0.0697. The molecule has 0 heterocycles. The van der Waals surface area contributed by atoms with Crippen LogP contribution in [0.3, 0.4) is 0 Å². The first-order chi connectivity index (χ1) is 17.8. The molecule has 37 heavy (non-hydrogen) atoms. The van der Waals surface area contributed by atoms with Gasteiger partial charge in [-0.05, 0) is 50.3 Å². The van der Waals surface area contributed by atoms with Gasteiger partial charge in [-0.3, -0.25) is 0 Å². The average Bonchev–Trinajstić information content (AvgIpc) is 3.63. The summed E-state index contributed by atoms with van der Waals surface area (Å²) in [6.45, 7) is 9.36. The van der Waals surface area contributed by atoms with Crippen molar-refractivity contribution in [1.82, 2.24) is 0 Å². The van der Waals surface area contributed by atoms with Gasteiger partial charge in [0, 0.05) is 26.2 Å². The van der Waals surface area contributed by atoms with Gasteiger partial charge in [0.05, 0.1) is 0 Å². The van der Waals surface area contributed by atoms with Gasteiger partial charge in [-0.1, -0.05) is 105 Å². The molecule has 0 aliphatic heterocycles. The summed E-state index contributed by atoms with van der Waals surface area (Å²) < 4.78 is 0. The fourth-order valence-electron chi connectivity index (χ4n) is 4.88. The SMILES string of the molecule is CCCCCCP(CCCCCC)c1ccc[c-]1P(CCCCCC)CCCCCC.[Zr].[cH-]1[cH-][cH-][cH-][cH-]1. The van der Waals surface area contributed by atoms with Gasteiger partial charge in [0.15, 0.2) is 0 Å². The smallest absolute Gasteiger partial charge is 0 e. The largest absolute Gasteiger partial charge is 0.748 e. The molecular formula is C34H60P2Zr-6. The molecule has 0 saturated carbocycles. The summed E-state index contributed by atoms with van der Waals surface area (Å²) in [5.74, 6) is 0. The molecule has 3 heteroatoms. The Morgan fingerprint density at radius 1 is 0.541 bits per heavy atom. The molecule has 0 saturated heterocycles. The van der Waals surface area contributed by atoms with E-state index in [1.165, 1.54) is 127 Å². The van der Waals surface area contributed by atoms with E-state index in [0.29, 0.717) is 0 Å². The zero-order chi connectivity index (χ0) is 26.1. The third kappa shape index (κ3) is 19.2. The first-order valence-electron chi connectivity index (χ1n) is 15.7. The van der Waals surface area contributed by atoms with Crippen LogP contribution in [0.2, 0.25) is 0 Å². The summed E-state index contributed by atoms with van der Waals surface area (Å²) in [5, 5.41) is 3.69. The summed E-state index contributed by atoms with van der Waals surface area (Å²) in [6.07, 6.45) is 28.7. The van der Waals surface area contributed by atoms with Crippen LogP contribution in [0.15, 0.2) is 48.5 Å². The second-order valence-corrected chi connectivity index (χ2v) is 15.4.